The Balaban J connectivity index is 1.93. The van der Waals surface area contributed by atoms with Crippen LogP contribution in [0.2, 0.25) is 10.0 Å². The summed E-state index contributed by atoms with van der Waals surface area (Å²) in [5, 5.41) is 4.48. The van der Waals surface area contributed by atoms with E-state index >= 15 is 0 Å². The van der Waals surface area contributed by atoms with E-state index in [1.807, 2.05) is 6.07 Å². The van der Waals surface area contributed by atoms with Gasteiger partial charge in [-0.2, -0.15) is 5.10 Å². The number of benzene rings is 2. The summed E-state index contributed by atoms with van der Waals surface area (Å²) in [6, 6.07) is 10.2. The molecule has 2 aromatic carbocycles. The van der Waals surface area contributed by atoms with Crippen molar-refractivity contribution in [1.29, 1.82) is 0 Å². The first-order valence-electron chi connectivity index (χ1n) is 7.25. The van der Waals surface area contributed by atoms with Crippen LogP contribution in [0.1, 0.15) is 5.56 Å². The quantitative estimate of drug-likeness (QED) is 0.384. The van der Waals surface area contributed by atoms with Crippen LogP contribution in [0.15, 0.2) is 46.0 Å². The summed E-state index contributed by atoms with van der Waals surface area (Å²) < 4.78 is 11.6. The molecule has 0 saturated heterocycles. The summed E-state index contributed by atoms with van der Waals surface area (Å²) in [5.74, 6) is 2.79. The van der Waals surface area contributed by atoms with Gasteiger partial charge in [0, 0.05) is 10.0 Å². The van der Waals surface area contributed by atoms with Gasteiger partial charge in [0.15, 0.2) is 6.61 Å². The van der Waals surface area contributed by atoms with Gasteiger partial charge in [-0.25, -0.2) is 5.43 Å². The predicted octanol–water partition coefficient (Wildman–Crippen LogP) is 4.30. The molecular weight excluding hydrogens is 443 g/mol. The van der Waals surface area contributed by atoms with Crippen LogP contribution in [0, 0.1) is 12.3 Å². The molecular formula is C18H13BrCl2N2O3. The third-order valence-corrected chi connectivity index (χ3v) is 4.25. The van der Waals surface area contributed by atoms with Gasteiger partial charge >= 0.3 is 0 Å². The van der Waals surface area contributed by atoms with Crippen molar-refractivity contribution in [3.8, 4) is 23.8 Å². The number of carbonyl (C=O) groups is 1. The molecule has 0 atom stereocenters. The van der Waals surface area contributed by atoms with Crippen LogP contribution in [0.4, 0.5) is 0 Å². The zero-order valence-corrected chi connectivity index (χ0v) is 16.4. The van der Waals surface area contributed by atoms with E-state index < -0.39 is 5.91 Å². The van der Waals surface area contributed by atoms with Gasteiger partial charge < -0.3 is 9.47 Å². The van der Waals surface area contributed by atoms with E-state index in [9.17, 15) is 4.79 Å². The number of hydrogen-bond donors (Lipinski definition) is 1. The normalized spacial score (nSPS) is 10.4. The van der Waals surface area contributed by atoms with Crippen molar-refractivity contribution >= 4 is 51.3 Å². The van der Waals surface area contributed by atoms with Gasteiger partial charge in [-0.3, -0.25) is 4.79 Å². The molecule has 0 unspecified atom stereocenters. The summed E-state index contributed by atoms with van der Waals surface area (Å²) in [4.78, 5) is 11.8. The van der Waals surface area contributed by atoms with E-state index in [2.05, 4.69) is 32.4 Å². The number of nitrogens with zero attached hydrogens (tertiary/aromatic N) is 1. The topological polar surface area (TPSA) is 59.9 Å². The molecule has 0 aliphatic carbocycles. The lowest BCUT2D eigenvalue weighted by atomic mass is 10.2. The zero-order valence-electron chi connectivity index (χ0n) is 13.3. The number of hydrazone groups is 1. The predicted molar refractivity (Wildman–Crippen MR) is 106 cm³/mol. The fraction of sp³-hybridized carbons (Fsp3) is 0.111. The lowest BCUT2D eigenvalue weighted by Gasteiger charge is -2.08. The second-order valence-electron chi connectivity index (χ2n) is 4.81. The highest BCUT2D eigenvalue weighted by Crippen LogP contribution is 2.31. The first-order valence-corrected chi connectivity index (χ1v) is 8.80. The Morgan fingerprint density at radius 2 is 2.08 bits per heavy atom. The van der Waals surface area contributed by atoms with Gasteiger partial charge in [0.25, 0.3) is 5.91 Å². The van der Waals surface area contributed by atoms with Crippen LogP contribution in [0.3, 0.4) is 0 Å². The lowest BCUT2D eigenvalue weighted by molar-refractivity contribution is -0.123. The molecule has 134 valence electrons. The Bertz CT molecular complexity index is 866. The number of rotatable bonds is 7. The van der Waals surface area contributed by atoms with Gasteiger partial charge in [0.2, 0.25) is 0 Å². The third kappa shape index (κ3) is 5.95. The van der Waals surface area contributed by atoms with Gasteiger partial charge in [-0.15, -0.1) is 6.42 Å². The highest BCUT2D eigenvalue weighted by atomic mass is 79.9. The molecule has 0 aliphatic rings. The first-order chi connectivity index (χ1) is 12.5. The monoisotopic (exact) mass is 454 g/mol. The molecule has 1 N–H and O–H groups in total. The Morgan fingerprint density at radius 3 is 2.85 bits per heavy atom. The van der Waals surface area contributed by atoms with Crippen molar-refractivity contribution in [1.82, 2.24) is 5.43 Å². The average molecular weight is 456 g/mol. The van der Waals surface area contributed by atoms with E-state index in [1.165, 1.54) is 6.21 Å². The Labute approximate surface area is 169 Å². The summed E-state index contributed by atoms with van der Waals surface area (Å²) in [6.07, 6.45) is 6.64. The Morgan fingerprint density at radius 1 is 1.27 bits per heavy atom. The van der Waals surface area contributed by atoms with Crippen LogP contribution in [0.5, 0.6) is 11.5 Å². The molecule has 0 saturated carbocycles. The minimum atomic E-state index is -0.460. The summed E-state index contributed by atoms with van der Waals surface area (Å²) in [6.45, 7) is -0.139. The van der Waals surface area contributed by atoms with Crippen molar-refractivity contribution in [2.24, 2.45) is 5.10 Å². The maximum atomic E-state index is 11.8. The summed E-state index contributed by atoms with van der Waals surface area (Å²) >= 11 is 15.2. The van der Waals surface area contributed by atoms with Crippen LogP contribution in [-0.4, -0.2) is 25.3 Å². The summed E-state index contributed by atoms with van der Waals surface area (Å²) in [5.41, 5.74) is 3.00. The number of terminal acetylenes is 1. The van der Waals surface area contributed by atoms with Gasteiger partial charge in [-0.1, -0.05) is 51.1 Å². The molecule has 0 aliphatic heterocycles. The molecule has 1 amide bonds. The number of hydrogen-bond acceptors (Lipinski definition) is 4. The molecule has 0 heterocycles. The molecule has 0 radical (unpaired) electrons. The molecule has 0 fully saturated rings. The van der Waals surface area contributed by atoms with Crippen molar-refractivity contribution in [2.45, 2.75) is 0 Å². The maximum Gasteiger partial charge on any atom is 0.277 e. The number of ether oxygens (including phenoxy) is 2. The van der Waals surface area contributed by atoms with Gasteiger partial charge in [-0.05, 0) is 30.3 Å². The third-order valence-electron chi connectivity index (χ3n) is 2.95. The van der Waals surface area contributed by atoms with E-state index in [0.29, 0.717) is 22.1 Å². The van der Waals surface area contributed by atoms with Crippen molar-refractivity contribution in [2.75, 3.05) is 13.2 Å². The smallest absolute Gasteiger partial charge is 0.277 e. The number of carbonyl (C=O) groups excluding carboxylic acids is 1. The number of nitrogens with one attached hydrogen (secondary N) is 1. The van der Waals surface area contributed by atoms with Crippen LogP contribution >= 0.6 is 39.1 Å². The molecule has 2 rings (SSSR count). The van der Waals surface area contributed by atoms with Crippen molar-refractivity contribution < 1.29 is 14.3 Å². The van der Waals surface area contributed by atoms with Crippen molar-refractivity contribution in [3.05, 3.63) is 56.5 Å². The lowest BCUT2D eigenvalue weighted by Crippen LogP contribution is -2.24. The maximum absolute atomic E-state index is 11.8. The largest absolute Gasteiger partial charge is 0.482 e. The second kappa shape index (κ2) is 10.1. The molecule has 8 heteroatoms. The standard InChI is InChI=1S/C18H13BrCl2N2O3/c1-2-8-25-15-7-6-13(19)9-12(15)10-22-23-17(24)11-26-16-5-3-4-14(20)18(16)21/h1,3-7,9-10H,8,11H2,(H,23,24)/b22-10-. The fourth-order valence-corrected chi connectivity index (χ4v) is 2.54. The van der Waals surface area contributed by atoms with E-state index in [0.717, 1.165) is 4.47 Å². The SMILES string of the molecule is C#CCOc1ccc(Br)cc1/C=N\NC(=O)COc1cccc(Cl)c1Cl. The van der Waals surface area contributed by atoms with E-state index in [4.69, 9.17) is 39.1 Å². The molecule has 0 spiro atoms. The average Bonchev–Trinajstić information content (AvgIpc) is 2.62. The van der Waals surface area contributed by atoms with E-state index in [-0.39, 0.29) is 18.2 Å². The first kappa shape index (κ1) is 20.1. The Hall–Kier alpha value is -2.20. The Kier molecular flexibility index (Phi) is 7.79. The molecule has 26 heavy (non-hydrogen) atoms. The van der Waals surface area contributed by atoms with Gasteiger partial charge in [0.05, 0.1) is 11.2 Å². The summed E-state index contributed by atoms with van der Waals surface area (Å²) in [7, 11) is 0. The minimum Gasteiger partial charge on any atom is -0.482 e. The fourth-order valence-electron chi connectivity index (χ4n) is 1.82. The zero-order chi connectivity index (χ0) is 18.9. The minimum absolute atomic E-state index is 0.128. The van der Waals surface area contributed by atoms with E-state index in [1.54, 1.807) is 30.3 Å². The highest BCUT2D eigenvalue weighted by molar-refractivity contribution is 9.10. The van der Waals surface area contributed by atoms with Crippen LogP contribution in [0.25, 0.3) is 0 Å². The van der Waals surface area contributed by atoms with Crippen LogP contribution < -0.4 is 14.9 Å². The van der Waals surface area contributed by atoms with Gasteiger partial charge in [0.1, 0.15) is 23.1 Å². The second-order valence-corrected chi connectivity index (χ2v) is 6.51. The number of amides is 1. The van der Waals surface area contributed by atoms with Crippen molar-refractivity contribution in [3.63, 3.8) is 0 Å². The molecule has 0 bridgehead atoms. The molecule has 5 nitrogen and oxygen atoms in total. The number of halogens is 3. The van der Waals surface area contributed by atoms with Crippen LogP contribution in [-0.2, 0) is 4.79 Å². The highest BCUT2D eigenvalue weighted by Gasteiger charge is 2.08. The molecule has 0 aromatic heterocycles. The molecule has 2 aromatic rings.